The Hall–Kier alpha value is -5.07. The second-order valence-corrected chi connectivity index (χ2v) is 16.1. The molecule has 0 spiro atoms. The third-order valence-corrected chi connectivity index (χ3v) is 12.6. The Balaban J connectivity index is 1.39. The summed E-state index contributed by atoms with van der Waals surface area (Å²) in [7, 11) is -4.40. The molecule has 268 valence electrons. The average molecular weight is 718 g/mol. The number of hydrogen-bond acceptors (Lipinski definition) is 7. The maximum absolute atomic E-state index is 14.2. The lowest BCUT2D eigenvalue weighted by molar-refractivity contribution is 0.413. The second kappa shape index (κ2) is 14.5. The molecule has 0 radical (unpaired) electrons. The summed E-state index contributed by atoms with van der Waals surface area (Å²) >= 11 is 0. The normalized spacial score (nSPS) is 16.4. The lowest BCUT2D eigenvalue weighted by Crippen LogP contribution is -2.16. The van der Waals surface area contributed by atoms with Crippen LogP contribution in [0.2, 0.25) is 0 Å². The van der Waals surface area contributed by atoms with Crippen LogP contribution in [0, 0.1) is 19.2 Å². The van der Waals surface area contributed by atoms with E-state index in [1.165, 1.54) is 30.7 Å². The van der Waals surface area contributed by atoms with E-state index in [-0.39, 0.29) is 50.4 Å². The summed E-state index contributed by atoms with van der Waals surface area (Å²) in [5, 5.41) is 43.0. The number of rotatable bonds is 8. The van der Waals surface area contributed by atoms with Crippen LogP contribution >= 0.6 is 0 Å². The zero-order chi connectivity index (χ0) is 36.6. The molecule has 0 amide bonds. The van der Waals surface area contributed by atoms with Crippen LogP contribution in [0.1, 0.15) is 121 Å². The van der Waals surface area contributed by atoms with Crippen molar-refractivity contribution in [3.05, 3.63) is 123 Å². The van der Waals surface area contributed by atoms with E-state index < -0.39 is 16.0 Å². The highest BCUT2D eigenvalue weighted by atomic mass is 32.2. The molecule has 8 nitrogen and oxygen atoms in total. The van der Waals surface area contributed by atoms with Crippen LogP contribution in [0.5, 0.6) is 23.0 Å². The first-order valence-corrected chi connectivity index (χ1v) is 19.8. The fourth-order valence-corrected chi connectivity index (χ4v) is 9.77. The Morgan fingerprint density at radius 3 is 1.94 bits per heavy atom. The lowest BCUT2D eigenvalue weighted by atomic mass is 9.75. The molecule has 0 heterocycles. The van der Waals surface area contributed by atoms with Crippen LogP contribution in [-0.2, 0) is 10.1 Å². The molecule has 0 saturated heterocycles. The van der Waals surface area contributed by atoms with Crippen molar-refractivity contribution in [2.45, 2.75) is 101 Å². The summed E-state index contributed by atoms with van der Waals surface area (Å²) in [6, 6.07) is 22.6. The van der Waals surface area contributed by atoms with Crippen LogP contribution in [0.3, 0.4) is 0 Å². The monoisotopic (exact) mass is 717 g/mol. The molecule has 1 unspecified atom stereocenters. The molecule has 0 aromatic heterocycles. The number of nitrogens with zero attached hydrogens (tertiary/aromatic N) is 2. The topological polar surface area (TPSA) is 132 Å². The number of fused-ring (bicyclic) bond motifs is 1. The first kappa shape index (κ1) is 35.3. The number of phenolic OH excluding ortho intramolecular Hbond substituents is 3. The molecule has 1 atom stereocenters. The SMILES string of the molecule is Cc1cc(O)c(C2CCCCC2)cc1C(c1cc(C2CCCCC2)c(OS(=O)(=O)c2cccc3c(O)c([N+]#N)ccc23)cc1C)c1ccccc1O. The van der Waals surface area contributed by atoms with Crippen LogP contribution in [0.15, 0.2) is 83.8 Å². The number of benzene rings is 5. The third-order valence-electron chi connectivity index (χ3n) is 11.3. The number of para-hydroxylation sites is 1. The van der Waals surface area contributed by atoms with Crippen molar-refractivity contribution in [3.63, 3.8) is 0 Å². The minimum atomic E-state index is -4.40. The number of aryl methyl sites for hydroxylation is 2. The van der Waals surface area contributed by atoms with Crippen molar-refractivity contribution in [1.29, 1.82) is 5.39 Å². The van der Waals surface area contributed by atoms with Crippen LogP contribution in [0.25, 0.3) is 15.7 Å². The fourth-order valence-electron chi connectivity index (χ4n) is 8.61. The standard InChI is InChI=1S/C43H44N2O6S/c1-26-22-39(47)35(28-12-5-3-6-13-28)24-33(26)42(32-16-9-10-18-38(32)46)34-25-36(29-14-7-4-8-15-29)40(23-27(34)2)51-52(49,50)41-19-11-17-31-30(41)20-21-37(45-44)43(31)48/h9-11,16-25,28-29,42H,3-8,12-15H2,1-2H3,(H2-,46,47,48)/p+1. The molecule has 5 aromatic rings. The Morgan fingerprint density at radius 1 is 0.673 bits per heavy atom. The van der Waals surface area contributed by atoms with E-state index in [9.17, 15) is 29.1 Å². The van der Waals surface area contributed by atoms with Gasteiger partial charge in [-0.3, -0.25) is 0 Å². The molecule has 0 bridgehead atoms. The van der Waals surface area contributed by atoms with Gasteiger partial charge in [0.1, 0.15) is 22.1 Å². The Labute approximate surface area is 305 Å². The van der Waals surface area contributed by atoms with Gasteiger partial charge in [0, 0.05) is 28.3 Å². The Bertz CT molecular complexity index is 2300. The number of hydrogen-bond donors (Lipinski definition) is 3. The minimum absolute atomic E-state index is 0.0623. The molecule has 0 aliphatic heterocycles. The van der Waals surface area contributed by atoms with Gasteiger partial charge in [-0.05, 0) is 115 Å². The summed E-state index contributed by atoms with van der Waals surface area (Å²) in [4.78, 5) is 3.00. The quantitative estimate of drug-likeness (QED) is 0.0826. The van der Waals surface area contributed by atoms with Gasteiger partial charge >= 0.3 is 15.8 Å². The predicted molar refractivity (Wildman–Crippen MR) is 203 cm³/mol. The van der Waals surface area contributed by atoms with Crippen molar-refractivity contribution in [3.8, 4) is 23.0 Å². The first-order chi connectivity index (χ1) is 25.1. The Kier molecular flexibility index (Phi) is 9.86. The van der Waals surface area contributed by atoms with Gasteiger partial charge in [0.25, 0.3) is 0 Å². The fraction of sp³-hybridized carbons (Fsp3) is 0.349. The zero-order valence-corrected chi connectivity index (χ0v) is 30.5. The molecular formula is C43H45N2O6S+. The minimum Gasteiger partial charge on any atom is -0.508 e. The van der Waals surface area contributed by atoms with Crippen molar-refractivity contribution in [2.24, 2.45) is 0 Å². The molecule has 2 aliphatic carbocycles. The van der Waals surface area contributed by atoms with Gasteiger partial charge in [0.2, 0.25) is 11.1 Å². The van der Waals surface area contributed by atoms with E-state index in [1.54, 1.807) is 12.1 Å². The molecule has 3 N–H and O–H groups in total. The highest BCUT2D eigenvalue weighted by Crippen LogP contribution is 2.48. The van der Waals surface area contributed by atoms with Crippen molar-refractivity contribution >= 4 is 26.6 Å². The average Bonchev–Trinajstić information content (AvgIpc) is 3.14. The number of phenols is 3. The molecule has 9 heteroatoms. The second-order valence-electron chi connectivity index (χ2n) is 14.6. The van der Waals surface area contributed by atoms with E-state index in [1.807, 2.05) is 44.2 Å². The highest BCUT2D eigenvalue weighted by molar-refractivity contribution is 7.87. The molecule has 2 saturated carbocycles. The van der Waals surface area contributed by atoms with Gasteiger partial charge in [0.15, 0.2) is 4.98 Å². The first-order valence-electron chi connectivity index (χ1n) is 18.4. The Morgan fingerprint density at radius 2 is 1.29 bits per heavy atom. The summed E-state index contributed by atoms with van der Waals surface area (Å²) in [5.74, 6) is 0.332. The summed E-state index contributed by atoms with van der Waals surface area (Å²) in [6.45, 7) is 3.94. The summed E-state index contributed by atoms with van der Waals surface area (Å²) in [6.07, 6.45) is 10.4. The summed E-state index contributed by atoms with van der Waals surface area (Å²) < 4.78 is 34.4. The number of aromatic hydroxyl groups is 3. The maximum Gasteiger partial charge on any atom is 0.426 e. The van der Waals surface area contributed by atoms with E-state index in [4.69, 9.17) is 4.18 Å². The summed E-state index contributed by atoms with van der Waals surface area (Å²) in [5.41, 5.74) is 6.04. The molecule has 7 rings (SSSR count). The zero-order valence-electron chi connectivity index (χ0n) is 29.7. The largest absolute Gasteiger partial charge is 0.508 e. The van der Waals surface area contributed by atoms with Crippen LogP contribution in [0.4, 0.5) is 5.69 Å². The van der Waals surface area contributed by atoms with Gasteiger partial charge in [-0.1, -0.05) is 81.0 Å². The molecule has 5 aromatic carbocycles. The molecule has 2 fully saturated rings. The van der Waals surface area contributed by atoms with E-state index in [0.29, 0.717) is 5.75 Å². The van der Waals surface area contributed by atoms with Gasteiger partial charge in [-0.2, -0.15) is 8.42 Å². The highest BCUT2D eigenvalue weighted by Gasteiger charge is 2.32. The van der Waals surface area contributed by atoms with Gasteiger partial charge in [-0.15, -0.1) is 0 Å². The lowest BCUT2D eigenvalue weighted by Gasteiger charge is -2.30. The van der Waals surface area contributed by atoms with Crippen molar-refractivity contribution in [1.82, 2.24) is 0 Å². The van der Waals surface area contributed by atoms with Gasteiger partial charge in [-0.25, -0.2) is 0 Å². The van der Waals surface area contributed by atoms with E-state index in [2.05, 4.69) is 17.1 Å². The van der Waals surface area contributed by atoms with Gasteiger partial charge in [0.05, 0.1) is 0 Å². The molecular weight excluding hydrogens is 673 g/mol. The third kappa shape index (κ3) is 6.68. The van der Waals surface area contributed by atoms with Crippen molar-refractivity contribution in [2.75, 3.05) is 0 Å². The van der Waals surface area contributed by atoms with E-state index >= 15 is 0 Å². The van der Waals surface area contributed by atoms with Crippen molar-refractivity contribution < 1.29 is 27.9 Å². The number of diazo groups is 1. The van der Waals surface area contributed by atoms with E-state index in [0.717, 1.165) is 96.7 Å². The maximum atomic E-state index is 14.2. The molecule has 52 heavy (non-hydrogen) atoms. The van der Waals surface area contributed by atoms with Gasteiger partial charge < -0.3 is 19.5 Å². The van der Waals surface area contributed by atoms with Crippen LogP contribution < -0.4 is 4.18 Å². The smallest absolute Gasteiger partial charge is 0.426 e. The molecule has 2 aliphatic rings. The predicted octanol–water partition coefficient (Wildman–Crippen LogP) is 11.1. The van der Waals surface area contributed by atoms with Crippen LogP contribution in [-0.4, -0.2) is 23.7 Å².